The highest BCUT2D eigenvalue weighted by Gasteiger charge is 2.44. The normalized spacial score (nSPS) is 16.8. The number of fused-ring (bicyclic) bond motifs is 1. The number of Topliss-reactive ketones (excluding diaryl/α,β-unsaturated/α-hetero) is 1. The first-order valence-electron chi connectivity index (χ1n) is 11.4. The van der Waals surface area contributed by atoms with Crippen LogP contribution in [0.25, 0.3) is 0 Å². The van der Waals surface area contributed by atoms with Crippen LogP contribution in [0.3, 0.4) is 0 Å². The molecule has 1 amide bonds. The Kier molecular flexibility index (Phi) is 6.84. The van der Waals surface area contributed by atoms with Crippen molar-refractivity contribution in [2.24, 2.45) is 0 Å². The fraction of sp³-hybridized carbons (Fsp3) is 0.462. The van der Waals surface area contributed by atoms with Gasteiger partial charge in [-0.3, -0.25) is 9.59 Å². The first kappa shape index (κ1) is 23.4. The zero-order chi connectivity index (χ0) is 23.6. The fourth-order valence-corrected chi connectivity index (χ4v) is 4.98. The minimum atomic E-state index is -0.540. The number of ketones is 1. The van der Waals surface area contributed by atoms with Crippen LogP contribution in [-0.4, -0.2) is 49.0 Å². The Labute approximate surface area is 199 Å². The number of amides is 1. The van der Waals surface area contributed by atoms with E-state index in [0.29, 0.717) is 79.6 Å². The summed E-state index contributed by atoms with van der Waals surface area (Å²) < 4.78 is 17.4. The topological polar surface area (TPSA) is 65.1 Å². The molecule has 2 aromatic carbocycles. The molecular weight excluding hydrogens is 442 g/mol. The van der Waals surface area contributed by atoms with Crippen LogP contribution in [0.15, 0.2) is 30.3 Å². The van der Waals surface area contributed by atoms with Crippen molar-refractivity contribution in [3.05, 3.63) is 52.0 Å². The van der Waals surface area contributed by atoms with E-state index in [-0.39, 0.29) is 11.7 Å². The Morgan fingerprint density at radius 1 is 1.18 bits per heavy atom. The number of halogens is 1. The number of carbonyl (C=O) groups is 2. The van der Waals surface area contributed by atoms with Crippen molar-refractivity contribution < 1.29 is 23.8 Å². The number of benzene rings is 2. The zero-order valence-electron chi connectivity index (χ0n) is 19.4. The van der Waals surface area contributed by atoms with E-state index in [1.165, 1.54) is 0 Å². The summed E-state index contributed by atoms with van der Waals surface area (Å²) in [6.07, 6.45) is 2.66. The van der Waals surface area contributed by atoms with Gasteiger partial charge in [0.1, 0.15) is 11.4 Å². The molecule has 0 N–H and O–H groups in total. The summed E-state index contributed by atoms with van der Waals surface area (Å²) in [6.45, 7) is 5.57. The van der Waals surface area contributed by atoms with Crippen molar-refractivity contribution in [3.8, 4) is 17.2 Å². The molecule has 6 nitrogen and oxygen atoms in total. The molecule has 2 aliphatic heterocycles. The first-order chi connectivity index (χ1) is 15.8. The van der Waals surface area contributed by atoms with Crippen LogP contribution in [0, 0.1) is 6.92 Å². The van der Waals surface area contributed by atoms with E-state index in [9.17, 15) is 9.59 Å². The SMILES string of the molecule is CCOc1ccc(CCC(=O)N2CCC3(CC2)CC(=O)c2cc(Cl)cc(C)c2O3)cc1OC. The van der Waals surface area contributed by atoms with Gasteiger partial charge in [0, 0.05) is 37.4 Å². The third-order valence-electron chi connectivity index (χ3n) is 6.52. The van der Waals surface area contributed by atoms with E-state index in [4.69, 9.17) is 25.8 Å². The third-order valence-corrected chi connectivity index (χ3v) is 6.74. The number of aryl methyl sites for hydroxylation is 2. The minimum Gasteiger partial charge on any atom is -0.493 e. The van der Waals surface area contributed by atoms with Crippen molar-refractivity contribution in [2.75, 3.05) is 26.8 Å². The number of ether oxygens (including phenoxy) is 3. The van der Waals surface area contributed by atoms with Crippen molar-refractivity contribution in [3.63, 3.8) is 0 Å². The monoisotopic (exact) mass is 471 g/mol. The maximum Gasteiger partial charge on any atom is 0.222 e. The summed E-state index contributed by atoms with van der Waals surface area (Å²) in [5.74, 6) is 2.20. The van der Waals surface area contributed by atoms with Crippen molar-refractivity contribution >= 4 is 23.3 Å². The molecule has 0 radical (unpaired) electrons. The van der Waals surface area contributed by atoms with Crippen LogP contribution in [0.4, 0.5) is 0 Å². The van der Waals surface area contributed by atoms with E-state index in [0.717, 1.165) is 11.1 Å². The molecule has 176 valence electrons. The number of piperidine rings is 1. The second-order valence-corrected chi connectivity index (χ2v) is 9.22. The second-order valence-electron chi connectivity index (χ2n) is 8.78. The summed E-state index contributed by atoms with van der Waals surface area (Å²) in [4.78, 5) is 27.6. The molecule has 0 atom stereocenters. The summed E-state index contributed by atoms with van der Waals surface area (Å²) >= 11 is 6.13. The average molecular weight is 472 g/mol. The summed E-state index contributed by atoms with van der Waals surface area (Å²) in [5.41, 5.74) is 1.93. The van der Waals surface area contributed by atoms with Gasteiger partial charge in [-0.05, 0) is 55.7 Å². The van der Waals surface area contributed by atoms with Gasteiger partial charge in [0.15, 0.2) is 17.3 Å². The molecule has 0 aliphatic carbocycles. The molecule has 1 fully saturated rings. The number of hydrogen-bond acceptors (Lipinski definition) is 5. The Balaban J connectivity index is 1.35. The standard InChI is InChI=1S/C26H30ClNO5/c1-4-32-22-7-5-18(14-23(22)31-3)6-8-24(30)28-11-9-26(10-12-28)16-21(29)20-15-19(27)13-17(2)25(20)33-26/h5,7,13-15H,4,6,8-12,16H2,1-3H3. The highest BCUT2D eigenvalue weighted by Crippen LogP contribution is 2.42. The number of hydrogen-bond donors (Lipinski definition) is 0. The number of carbonyl (C=O) groups excluding carboxylic acids is 2. The van der Waals surface area contributed by atoms with Gasteiger partial charge >= 0.3 is 0 Å². The van der Waals surface area contributed by atoms with E-state index in [1.807, 2.05) is 43.0 Å². The summed E-state index contributed by atoms with van der Waals surface area (Å²) in [7, 11) is 1.61. The summed E-state index contributed by atoms with van der Waals surface area (Å²) in [6, 6.07) is 9.29. The number of methoxy groups -OCH3 is 1. The quantitative estimate of drug-likeness (QED) is 0.592. The molecule has 7 heteroatoms. The van der Waals surface area contributed by atoms with Crippen LogP contribution in [0.2, 0.25) is 5.02 Å². The van der Waals surface area contributed by atoms with E-state index < -0.39 is 5.60 Å². The van der Waals surface area contributed by atoms with Crippen LogP contribution in [-0.2, 0) is 11.2 Å². The lowest BCUT2D eigenvalue weighted by molar-refractivity contribution is -0.134. The predicted octanol–water partition coefficient (Wildman–Crippen LogP) is 5.01. The van der Waals surface area contributed by atoms with Crippen LogP contribution in [0.5, 0.6) is 17.2 Å². The molecule has 1 saturated heterocycles. The lowest BCUT2D eigenvalue weighted by atomic mass is 9.82. The zero-order valence-corrected chi connectivity index (χ0v) is 20.2. The molecule has 2 heterocycles. The Bertz CT molecular complexity index is 1060. The van der Waals surface area contributed by atoms with Gasteiger partial charge in [-0.15, -0.1) is 0 Å². The largest absolute Gasteiger partial charge is 0.493 e. The van der Waals surface area contributed by atoms with Crippen molar-refractivity contribution in [1.82, 2.24) is 4.90 Å². The van der Waals surface area contributed by atoms with Gasteiger partial charge in [0.2, 0.25) is 5.91 Å². The highest BCUT2D eigenvalue weighted by atomic mass is 35.5. The number of nitrogens with zero attached hydrogens (tertiary/aromatic N) is 1. The highest BCUT2D eigenvalue weighted by molar-refractivity contribution is 6.31. The fourth-order valence-electron chi connectivity index (χ4n) is 4.71. The molecule has 0 unspecified atom stereocenters. The van der Waals surface area contributed by atoms with Gasteiger partial charge in [-0.2, -0.15) is 0 Å². The predicted molar refractivity (Wildman–Crippen MR) is 127 cm³/mol. The van der Waals surface area contributed by atoms with Crippen LogP contribution < -0.4 is 14.2 Å². The Morgan fingerprint density at radius 3 is 2.64 bits per heavy atom. The first-order valence-corrected chi connectivity index (χ1v) is 11.8. The van der Waals surface area contributed by atoms with E-state index in [2.05, 4.69) is 0 Å². The van der Waals surface area contributed by atoms with Gasteiger partial charge in [0.05, 0.1) is 25.7 Å². The lowest BCUT2D eigenvalue weighted by Crippen LogP contribution is -2.52. The molecular formula is C26H30ClNO5. The third kappa shape index (κ3) is 4.96. The molecule has 4 rings (SSSR count). The van der Waals surface area contributed by atoms with Gasteiger partial charge in [0.25, 0.3) is 0 Å². The van der Waals surface area contributed by atoms with Crippen LogP contribution in [0.1, 0.15) is 54.1 Å². The van der Waals surface area contributed by atoms with Gasteiger partial charge in [-0.25, -0.2) is 0 Å². The van der Waals surface area contributed by atoms with E-state index >= 15 is 0 Å². The Hall–Kier alpha value is -2.73. The molecule has 0 saturated carbocycles. The molecule has 2 aliphatic rings. The van der Waals surface area contributed by atoms with Crippen molar-refractivity contribution in [1.29, 1.82) is 0 Å². The maximum atomic E-state index is 12.9. The lowest BCUT2D eigenvalue weighted by Gasteiger charge is -2.44. The van der Waals surface area contributed by atoms with Crippen LogP contribution >= 0.6 is 11.6 Å². The molecule has 0 aromatic heterocycles. The summed E-state index contributed by atoms with van der Waals surface area (Å²) in [5, 5.41) is 0.546. The molecule has 33 heavy (non-hydrogen) atoms. The average Bonchev–Trinajstić information content (AvgIpc) is 2.80. The molecule has 1 spiro atoms. The second kappa shape index (κ2) is 9.64. The number of rotatable bonds is 6. The maximum absolute atomic E-state index is 12.9. The van der Waals surface area contributed by atoms with E-state index in [1.54, 1.807) is 13.2 Å². The minimum absolute atomic E-state index is 0.0612. The smallest absolute Gasteiger partial charge is 0.222 e. The molecule has 0 bridgehead atoms. The Morgan fingerprint density at radius 2 is 1.94 bits per heavy atom. The number of likely N-dealkylation sites (tertiary alicyclic amines) is 1. The molecule has 2 aromatic rings. The van der Waals surface area contributed by atoms with Gasteiger partial charge < -0.3 is 19.1 Å². The van der Waals surface area contributed by atoms with Gasteiger partial charge in [-0.1, -0.05) is 17.7 Å². The van der Waals surface area contributed by atoms with Crippen molar-refractivity contribution in [2.45, 2.75) is 51.6 Å².